The number of hydrogen-bond donors (Lipinski definition) is 2. The van der Waals surface area contributed by atoms with Crippen LogP contribution in [0.25, 0.3) is 22.2 Å². The lowest BCUT2D eigenvalue weighted by Gasteiger charge is -2.28. The Morgan fingerprint density at radius 3 is 2.64 bits per heavy atom. The fourth-order valence-electron chi connectivity index (χ4n) is 4.36. The van der Waals surface area contributed by atoms with Gasteiger partial charge in [-0.05, 0) is 45.2 Å². The first-order chi connectivity index (χ1) is 18.7. The lowest BCUT2D eigenvalue weighted by molar-refractivity contribution is -0.111. The minimum atomic E-state index is -0.297. The number of amides is 1. The molecule has 2 aromatic carbocycles. The summed E-state index contributed by atoms with van der Waals surface area (Å²) in [4.78, 5) is 25.9. The van der Waals surface area contributed by atoms with Gasteiger partial charge in [0.25, 0.3) is 0 Å². The van der Waals surface area contributed by atoms with Crippen molar-refractivity contribution in [3.05, 3.63) is 67.5 Å². The lowest BCUT2D eigenvalue weighted by atomic mass is 10.1. The van der Waals surface area contributed by atoms with Crippen LogP contribution in [-0.2, 0) is 11.8 Å². The van der Waals surface area contributed by atoms with Crippen LogP contribution in [0, 0.1) is 0 Å². The molecule has 39 heavy (non-hydrogen) atoms. The van der Waals surface area contributed by atoms with Gasteiger partial charge < -0.3 is 29.7 Å². The maximum absolute atomic E-state index is 12.3. The van der Waals surface area contributed by atoms with Crippen LogP contribution >= 0.6 is 0 Å². The maximum atomic E-state index is 12.3. The SMILES string of the molecule is C=CC(=O)Nc1cc(Nc2nccc(-c3cn(C)c4ccccc34)n2)c(OC)cc1N(C)CCN(C)C(C)C. The fraction of sp³-hybridized carbons (Fsp3) is 0.300. The maximum Gasteiger partial charge on any atom is 0.247 e. The number of para-hydroxylation sites is 1. The summed E-state index contributed by atoms with van der Waals surface area (Å²) in [6.45, 7) is 9.55. The van der Waals surface area contributed by atoms with Gasteiger partial charge in [-0.2, -0.15) is 0 Å². The number of likely N-dealkylation sites (N-methyl/N-ethyl adjacent to an activating group) is 2. The zero-order chi connectivity index (χ0) is 28.1. The Bertz CT molecular complexity index is 1480. The molecule has 0 aliphatic heterocycles. The average Bonchev–Trinajstić information content (AvgIpc) is 3.28. The Hall–Kier alpha value is -4.37. The van der Waals surface area contributed by atoms with Crippen LogP contribution in [0.3, 0.4) is 0 Å². The van der Waals surface area contributed by atoms with Crippen LogP contribution in [0.15, 0.2) is 67.5 Å². The fourth-order valence-corrected chi connectivity index (χ4v) is 4.36. The van der Waals surface area contributed by atoms with Crippen molar-refractivity contribution in [2.75, 3.05) is 49.8 Å². The van der Waals surface area contributed by atoms with Crippen molar-refractivity contribution >= 4 is 39.8 Å². The number of fused-ring (bicyclic) bond motifs is 1. The third kappa shape index (κ3) is 6.21. The van der Waals surface area contributed by atoms with Crippen molar-refractivity contribution in [3.63, 3.8) is 0 Å². The Labute approximate surface area is 230 Å². The van der Waals surface area contributed by atoms with E-state index >= 15 is 0 Å². The second kappa shape index (κ2) is 12.0. The van der Waals surface area contributed by atoms with Crippen LogP contribution < -0.4 is 20.3 Å². The summed E-state index contributed by atoms with van der Waals surface area (Å²) < 4.78 is 7.83. The summed E-state index contributed by atoms with van der Waals surface area (Å²) in [6.07, 6.45) is 5.05. The van der Waals surface area contributed by atoms with Crippen molar-refractivity contribution in [2.45, 2.75) is 19.9 Å². The molecule has 0 spiro atoms. The topological polar surface area (TPSA) is 87.5 Å². The number of carbonyl (C=O) groups excluding carboxylic acids is 1. The van der Waals surface area contributed by atoms with Gasteiger partial charge in [-0.3, -0.25) is 4.79 Å². The van der Waals surface area contributed by atoms with Crippen molar-refractivity contribution in [3.8, 4) is 17.0 Å². The van der Waals surface area contributed by atoms with Gasteiger partial charge in [0.1, 0.15) is 5.75 Å². The molecule has 1 amide bonds. The highest BCUT2D eigenvalue weighted by molar-refractivity contribution is 6.02. The number of methoxy groups -OCH3 is 1. The summed E-state index contributed by atoms with van der Waals surface area (Å²) in [5.74, 6) is 0.721. The summed E-state index contributed by atoms with van der Waals surface area (Å²) in [5, 5.41) is 7.35. The van der Waals surface area contributed by atoms with Gasteiger partial charge >= 0.3 is 0 Å². The van der Waals surface area contributed by atoms with Gasteiger partial charge in [-0.1, -0.05) is 24.8 Å². The molecule has 0 unspecified atom stereocenters. The normalized spacial score (nSPS) is 11.2. The molecule has 2 N–H and O–H groups in total. The van der Waals surface area contributed by atoms with Gasteiger partial charge in [-0.25, -0.2) is 9.97 Å². The number of anilines is 4. The molecule has 2 heterocycles. The quantitative estimate of drug-likeness (QED) is 0.256. The molecule has 0 saturated carbocycles. The van der Waals surface area contributed by atoms with Gasteiger partial charge in [-0.15, -0.1) is 0 Å². The van der Waals surface area contributed by atoms with Gasteiger partial charge in [0.05, 0.1) is 29.9 Å². The summed E-state index contributed by atoms with van der Waals surface area (Å²) in [5.41, 5.74) is 5.03. The zero-order valence-corrected chi connectivity index (χ0v) is 23.5. The standard InChI is InChI=1S/C30H37N7O2/c1-8-29(38)32-24-17-25(28(39-7)18-27(24)36(5)16-15-35(4)20(2)3)34-30-31-14-13-23(33-30)22-19-37(6)26-12-10-9-11-21(22)26/h8-14,17-20H,1,15-16H2,2-7H3,(H,32,38)(H,31,33,34). The largest absolute Gasteiger partial charge is 0.494 e. The number of rotatable bonds is 11. The molecular weight excluding hydrogens is 490 g/mol. The van der Waals surface area contributed by atoms with E-state index in [1.807, 2.05) is 44.4 Å². The number of nitrogens with zero attached hydrogens (tertiary/aromatic N) is 5. The molecule has 0 aliphatic carbocycles. The summed E-state index contributed by atoms with van der Waals surface area (Å²) in [7, 11) is 7.73. The first-order valence-corrected chi connectivity index (χ1v) is 12.9. The molecule has 0 saturated heterocycles. The molecule has 9 nitrogen and oxygen atoms in total. The van der Waals surface area contributed by atoms with Gasteiger partial charge in [0, 0.05) is 68.2 Å². The molecule has 0 radical (unpaired) electrons. The molecule has 4 rings (SSSR count). The second-order valence-corrected chi connectivity index (χ2v) is 9.82. The van der Waals surface area contributed by atoms with E-state index in [0.717, 1.165) is 40.9 Å². The summed E-state index contributed by atoms with van der Waals surface area (Å²) >= 11 is 0. The van der Waals surface area contributed by atoms with Crippen molar-refractivity contribution in [2.24, 2.45) is 7.05 Å². The molecule has 0 bridgehead atoms. The third-order valence-corrected chi connectivity index (χ3v) is 6.92. The first kappa shape index (κ1) is 27.7. The van der Waals surface area contributed by atoms with Crippen molar-refractivity contribution in [1.29, 1.82) is 0 Å². The molecule has 4 aromatic rings. The van der Waals surface area contributed by atoms with Crippen molar-refractivity contribution < 1.29 is 9.53 Å². The Kier molecular flexibility index (Phi) is 8.51. The number of aryl methyl sites for hydroxylation is 1. The lowest BCUT2D eigenvalue weighted by Crippen LogP contribution is -2.35. The highest BCUT2D eigenvalue weighted by Gasteiger charge is 2.18. The van der Waals surface area contributed by atoms with Crippen LogP contribution in [0.4, 0.5) is 23.0 Å². The van der Waals surface area contributed by atoms with E-state index in [1.54, 1.807) is 13.3 Å². The van der Waals surface area contributed by atoms with E-state index in [0.29, 0.717) is 29.1 Å². The third-order valence-electron chi connectivity index (χ3n) is 6.92. The van der Waals surface area contributed by atoms with E-state index in [9.17, 15) is 4.79 Å². The molecule has 0 aliphatic rings. The van der Waals surface area contributed by atoms with E-state index in [4.69, 9.17) is 9.72 Å². The number of carbonyl (C=O) groups is 1. The van der Waals surface area contributed by atoms with Gasteiger partial charge in [0.15, 0.2) is 0 Å². The highest BCUT2D eigenvalue weighted by atomic mass is 16.5. The predicted octanol–water partition coefficient (Wildman–Crippen LogP) is 5.29. The van der Waals surface area contributed by atoms with Crippen LogP contribution in [0.2, 0.25) is 0 Å². The van der Waals surface area contributed by atoms with Crippen LogP contribution in [0.5, 0.6) is 5.75 Å². The van der Waals surface area contributed by atoms with E-state index in [1.165, 1.54) is 6.08 Å². The molecule has 9 heteroatoms. The van der Waals surface area contributed by atoms with Gasteiger partial charge in [0.2, 0.25) is 11.9 Å². The average molecular weight is 528 g/mol. The monoisotopic (exact) mass is 527 g/mol. The zero-order valence-electron chi connectivity index (χ0n) is 23.5. The van der Waals surface area contributed by atoms with Crippen LogP contribution in [0.1, 0.15) is 13.8 Å². The number of hydrogen-bond acceptors (Lipinski definition) is 7. The van der Waals surface area contributed by atoms with E-state index < -0.39 is 0 Å². The Balaban J connectivity index is 1.68. The van der Waals surface area contributed by atoms with E-state index in [-0.39, 0.29) is 5.91 Å². The van der Waals surface area contributed by atoms with E-state index in [2.05, 4.69) is 75.8 Å². The van der Waals surface area contributed by atoms with Crippen molar-refractivity contribution in [1.82, 2.24) is 19.4 Å². The Morgan fingerprint density at radius 2 is 1.92 bits per heavy atom. The van der Waals surface area contributed by atoms with Crippen LogP contribution in [-0.4, -0.2) is 65.7 Å². The second-order valence-electron chi connectivity index (χ2n) is 9.82. The number of ether oxygens (including phenoxy) is 1. The summed E-state index contributed by atoms with van der Waals surface area (Å²) in [6, 6.07) is 14.3. The minimum Gasteiger partial charge on any atom is -0.494 e. The molecular formula is C30H37N7O2. The number of benzene rings is 2. The Morgan fingerprint density at radius 1 is 1.15 bits per heavy atom. The molecule has 0 fully saturated rings. The predicted molar refractivity (Wildman–Crippen MR) is 160 cm³/mol. The number of aromatic nitrogens is 3. The molecule has 2 aromatic heterocycles. The number of nitrogens with one attached hydrogen (secondary N) is 2. The highest BCUT2D eigenvalue weighted by Crippen LogP contribution is 2.38. The minimum absolute atomic E-state index is 0.297. The molecule has 0 atom stereocenters. The smallest absolute Gasteiger partial charge is 0.247 e. The first-order valence-electron chi connectivity index (χ1n) is 12.9. The molecule has 204 valence electrons.